The quantitative estimate of drug-likeness (QED) is 0.676. The van der Waals surface area contributed by atoms with Gasteiger partial charge in [0, 0.05) is 19.6 Å². The Bertz CT molecular complexity index is 294. The van der Waals surface area contributed by atoms with Crippen LogP contribution in [-0.4, -0.2) is 49.3 Å². The number of nitrogens with one attached hydrogen (secondary N) is 1. The molecule has 2 saturated carbocycles. The first-order valence-electron chi connectivity index (χ1n) is 9.10. The Kier molecular flexibility index (Phi) is 6.51. The van der Waals surface area contributed by atoms with Crippen LogP contribution in [0.25, 0.3) is 0 Å². The zero-order chi connectivity index (χ0) is 15.3. The van der Waals surface area contributed by atoms with Gasteiger partial charge in [-0.05, 0) is 62.9 Å². The Morgan fingerprint density at radius 2 is 1.90 bits per heavy atom. The number of aliphatic hydroxyl groups is 1. The van der Waals surface area contributed by atoms with Crippen LogP contribution < -0.4 is 5.32 Å². The van der Waals surface area contributed by atoms with Crippen molar-refractivity contribution in [2.75, 3.05) is 33.2 Å². The van der Waals surface area contributed by atoms with Crippen LogP contribution in [0.2, 0.25) is 0 Å². The van der Waals surface area contributed by atoms with Crippen molar-refractivity contribution < 1.29 is 5.11 Å². The monoisotopic (exact) mass is 296 g/mol. The van der Waals surface area contributed by atoms with Gasteiger partial charge in [0.2, 0.25) is 0 Å². The van der Waals surface area contributed by atoms with Gasteiger partial charge in [0.05, 0.1) is 6.10 Å². The SMILES string of the molecule is CCCNCC1(CN(C)CC2CC(O)C2)CCC(C)CC1. The molecule has 3 heteroatoms. The average Bonchev–Trinajstić information content (AvgIpc) is 2.41. The topological polar surface area (TPSA) is 35.5 Å². The molecule has 0 heterocycles. The molecule has 124 valence electrons. The number of rotatable bonds is 8. The van der Waals surface area contributed by atoms with Crippen molar-refractivity contribution in [2.45, 2.75) is 64.9 Å². The third-order valence-corrected chi connectivity index (χ3v) is 5.65. The minimum Gasteiger partial charge on any atom is -0.393 e. The van der Waals surface area contributed by atoms with Gasteiger partial charge in [0.25, 0.3) is 0 Å². The third kappa shape index (κ3) is 5.22. The van der Waals surface area contributed by atoms with Gasteiger partial charge in [-0.2, -0.15) is 0 Å². The van der Waals surface area contributed by atoms with E-state index in [-0.39, 0.29) is 6.10 Å². The van der Waals surface area contributed by atoms with Crippen molar-refractivity contribution in [3.8, 4) is 0 Å². The summed E-state index contributed by atoms with van der Waals surface area (Å²) in [4.78, 5) is 2.54. The second kappa shape index (κ2) is 7.94. The predicted octanol–water partition coefficient (Wildman–Crippen LogP) is 2.89. The van der Waals surface area contributed by atoms with Crippen LogP contribution >= 0.6 is 0 Å². The molecule has 0 aliphatic heterocycles. The normalized spacial score (nSPS) is 36.7. The highest BCUT2D eigenvalue weighted by atomic mass is 16.3. The molecule has 2 aliphatic carbocycles. The zero-order valence-corrected chi connectivity index (χ0v) is 14.4. The molecule has 0 unspecified atom stereocenters. The molecule has 3 nitrogen and oxygen atoms in total. The standard InChI is InChI=1S/C18H36N2O/c1-4-9-19-13-18(7-5-15(2)6-8-18)14-20(3)12-16-10-17(21)11-16/h15-17,19,21H,4-14H2,1-3H3. The van der Waals surface area contributed by atoms with Gasteiger partial charge in [0.1, 0.15) is 0 Å². The second-order valence-electron chi connectivity index (χ2n) is 8.05. The van der Waals surface area contributed by atoms with Crippen molar-refractivity contribution in [2.24, 2.45) is 17.3 Å². The molecule has 0 spiro atoms. The van der Waals surface area contributed by atoms with Gasteiger partial charge in [-0.1, -0.05) is 26.7 Å². The Hall–Kier alpha value is -0.120. The summed E-state index contributed by atoms with van der Waals surface area (Å²) in [5, 5.41) is 13.1. The highest BCUT2D eigenvalue weighted by molar-refractivity contribution is 4.90. The van der Waals surface area contributed by atoms with Crippen molar-refractivity contribution in [3.05, 3.63) is 0 Å². The van der Waals surface area contributed by atoms with Crippen LogP contribution in [-0.2, 0) is 0 Å². The number of aliphatic hydroxyl groups excluding tert-OH is 1. The largest absolute Gasteiger partial charge is 0.393 e. The lowest BCUT2D eigenvalue weighted by Gasteiger charge is -2.44. The van der Waals surface area contributed by atoms with E-state index in [2.05, 4.69) is 31.1 Å². The van der Waals surface area contributed by atoms with E-state index >= 15 is 0 Å². The molecule has 0 aromatic heterocycles. The zero-order valence-electron chi connectivity index (χ0n) is 14.4. The summed E-state index contributed by atoms with van der Waals surface area (Å²) < 4.78 is 0. The van der Waals surface area contributed by atoms with Gasteiger partial charge in [-0.3, -0.25) is 0 Å². The van der Waals surface area contributed by atoms with E-state index in [0.717, 1.165) is 31.2 Å². The van der Waals surface area contributed by atoms with Gasteiger partial charge < -0.3 is 15.3 Å². The fraction of sp³-hybridized carbons (Fsp3) is 1.00. The van der Waals surface area contributed by atoms with Crippen LogP contribution in [0.15, 0.2) is 0 Å². The molecule has 21 heavy (non-hydrogen) atoms. The molecule has 2 fully saturated rings. The lowest BCUT2D eigenvalue weighted by atomic mass is 9.70. The first kappa shape index (κ1) is 17.2. The average molecular weight is 296 g/mol. The van der Waals surface area contributed by atoms with Gasteiger partial charge in [-0.15, -0.1) is 0 Å². The van der Waals surface area contributed by atoms with Crippen molar-refractivity contribution >= 4 is 0 Å². The smallest absolute Gasteiger partial charge is 0.0546 e. The van der Waals surface area contributed by atoms with Crippen LogP contribution in [0.5, 0.6) is 0 Å². The van der Waals surface area contributed by atoms with E-state index < -0.39 is 0 Å². The Labute approximate surface area is 131 Å². The van der Waals surface area contributed by atoms with Crippen LogP contribution in [0.4, 0.5) is 0 Å². The van der Waals surface area contributed by atoms with E-state index in [1.54, 1.807) is 0 Å². The highest BCUT2D eigenvalue weighted by Gasteiger charge is 2.36. The van der Waals surface area contributed by atoms with E-state index in [1.165, 1.54) is 51.7 Å². The minimum atomic E-state index is -0.0147. The molecule has 2 rings (SSSR count). The summed E-state index contributed by atoms with van der Waals surface area (Å²) in [7, 11) is 2.28. The van der Waals surface area contributed by atoms with Gasteiger partial charge >= 0.3 is 0 Å². The molecule has 0 aromatic carbocycles. The van der Waals surface area contributed by atoms with Crippen LogP contribution in [0, 0.1) is 17.3 Å². The summed E-state index contributed by atoms with van der Waals surface area (Å²) in [6.45, 7) is 9.38. The first-order chi connectivity index (χ1) is 10.0. The maximum atomic E-state index is 9.45. The van der Waals surface area contributed by atoms with Crippen LogP contribution in [0.3, 0.4) is 0 Å². The van der Waals surface area contributed by atoms with E-state index in [0.29, 0.717) is 5.41 Å². The first-order valence-corrected chi connectivity index (χ1v) is 9.10. The van der Waals surface area contributed by atoms with E-state index in [1.807, 2.05) is 0 Å². The molecule has 0 amide bonds. The van der Waals surface area contributed by atoms with Crippen molar-refractivity contribution in [1.82, 2.24) is 10.2 Å². The Morgan fingerprint density at radius 1 is 1.24 bits per heavy atom. The molecular formula is C18H36N2O. The maximum absolute atomic E-state index is 9.45. The van der Waals surface area contributed by atoms with E-state index in [9.17, 15) is 5.11 Å². The molecule has 0 atom stereocenters. The predicted molar refractivity (Wildman–Crippen MR) is 89.5 cm³/mol. The molecule has 0 aromatic rings. The fourth-order valence-electron chi connectivity index (χ4n) is 4.22. The second-order valence-corrected chi connectivity index (χ2v) is 8.05. The van der Waals surface area contributed by atoms with Crippen LogP contribution in [0.1, 0.15) is 58.8 Å². The fourth-order valence-corrected chi connectivity index (χ4v) is 4.22. The summed E-state index contributed by atoms with van der Waals surface area (Å²) in [5.74, 6) is 1.64. The molecule has 0 bridgehead atoms. The lowest BCUT2D eigenvalue weighted by Crippen LogP contribution is -2.47. The maximum Gasteiger partial charge on any atom is 0.0546 e. The molecule has 0 saturated heterocycles. The molecule has 2 N–H and O–H groups in total. The molecule has 0 radical (unpaired) electrons. The van der Waals surface area contributed by atoms with Crippen molar-refractivity contribution in [1.29, 1.82) is 0 Å². The summed E-state index contributed by atoms with van der Waals surface area (Å²) >= 11 is 0. The Balaban J connectivity index is 1.82. The van der Waals surface area contributed by atoms with Gasteiger partial charge in [-0.25, -0.2) is 0 Å². The van der Waals surface area contributed by atoms with E-state index in [4.69, 9.17) is 0 Å². The summed E-state index contributed by atoms with van der Waals surface area (Å²) in [6.07, 6.45) is 8.78. The number of nitrogens with zero attached hydrogens (tertiary/aromatic N) is 1. The van der Waals surface area contributed by atoms with Crippen molar-refractivity contribution in [3.63, 3.8) is 0 Å². The summed E-state index contributed by atoms with van der Waals surface area (Å²) in [5.41, 5.74) is 0.485. The highest BCUT2D eigenvalue weighted by Crippen LogP contribution is 2.39. The summed E-state index contributed by atoms with van der Waals surface area (Å²) in [6, 6.07) is 0. The minimum absolute atomic E-state index is 0.0147. The van der Waals surface area contributed by atoms with Gasteiger partial charge in [0.15, 0.2) is 0 Å². The number of hydrogen-bond acceptors (Lipinski definition) is 3. The molecular weight excluding hydrogens is 260 g/mol. The molecule has 2 aliphatic rings. The number of hydrogen-bond donors (Lipinski definition) is 2. The Morgan fingerprint density at radius 3 is 2.48 bits per heavy atom. The lowest BCUT2D eigenvalue weighted by molar-refractivity contribution is 0.0164. The third-order valence-electron chi connectivity index (χ3n) is 5.65.